The molecule has 31 heavy (non-hydrogen) atoms. The number of nitrogens with zero attached hydrogens (tertiary/aromatic N) is 2. The van der Waals surface area contributed by atoms with Crippen LogP contribution in [0.2, 0.25) is 0 Å². The van der Waals surface area contributed by atoms with Crippen LogP contribution in [0.3, 0.4) is 0 Å². The maximum Gasteiger partial charge on any atom is 0.229 e. The first-order valence-electron chi connectivity index (χ1n) is 11.2. The van der Waals surface area contributed by atoms with E-state index >= 15 is 0 Å². The van der Waals surface area contributed by atoms with E-state index in [1.807, 2.05) is 6.92 Å². The average molecular weight is 462 g/mol. The molecule has 0 aromatic carbocycles. The van der Waals surface area contributed by atoms with E-state index in [9.17, 15) is 17.6 Å². The van der Waals surface area contributed by atoms with Gasteiger partial charge in [-0.05, 0) is 32.7 Å². The Balaban J connectivity index is 1.40. The summed E-state index contributed by atoms with van der Waals surface area (Å²) in [6, 6.07) is 0.0492. The number of nitrogens with one attached hydrogen (secondary N) is 4. The number of hydrazine groups is 1. The highest BCUT2D eigenvalue weighted by molar-refractivity contribution is 7.92. The lowest BCUT2D eigenvalue weighted by molar-refractivity contribution is -0.128. The Morgan fingerprint density at radius 1 is 1.26 bits per heavy atom. The molecule has 1 amide bonds. The Hall–Kier alpha value is -0.890. The minimum absolute atomic E-state index is 0.0948. The lowest BCUT2D eigenvalue weighted by Crippen LogP contribution is -2.64. The molecular weight excluding hydrogens is 425 g/mol. The Kier molecular flexibility index (Phi) is 6.61. The van der Waals surface area contributed by atoms with Gasteiger partial charge in [0.05, 0.1) is 29.0 Å². The molecule has 0 aromatic heterocycles. The van der Waals surface area contributed by atoms with Gasteiger partial charge in [0.1, 0.15) is 6.17 Å². The van der Waals surface area contributed by atoms with Crippen LogP contribution in [0, 0.1) is 5.92 Å². The van der Waals surface area contributed by atoms with Crippen LogP contribution >= 0.6 is 0 Å². The molecule has 4 aliphatic heterocycles. The SMILES string of the molecule is CC1(S(C)(=O)=O)CCN(C2CCNCC2NC(=O)C2C(N)NN3CC(F)CNC23)CC1. The molecule has 178 valence electrons. The van der Waals surface area contributed by atoms with Crippen molar-refractivity contribution in [1.82, 2.24) is 31.3 Å². The van der Waals surface area contributed by atoms with Gasteiger partial charge in [0.15, 0.2) is 9.84 Å². The minimum Gasteiger partial charge on any atom is -0.350 e. The number of hydrogen-bond donors (Lipinski definition) is 5. The summed E-state index contributed by atoms with van der Waals surface area (Å²) < 4.78 is 37.4. The van der Waals surface area contributed by atoms with Gasteiger partial charge in [-0.15, -0.1) is 0 Å². The third-order valence-corrected chi connectivity index (χ3v) is 9.82. The number of likely N-dealkylation sites (tertiary alicyclic amines) is 1. The van der Waals surface area contributed by atoms with Crippen molar-refractivity contribution in [1.29, 1.82) is 0 Å². The topological polar surface area (TPSA) is 132 Å². The molecule has 0 radical (unpaired) electrons. The lowest BCUT2D eigenvalue weighted by atomic mass is 9.91. The molecule has 0 saturated carbocycles. The minimum atomic E-state index is -3.11. The van der Waals surface area contributed by atoms with Crippen molar-refractivity contribution in [2.45, 2.75) is 61.5 Å². The Labute approximate surface area is 183 Å². The van der Waals surface area contributed by atoms with Crippen LogP contribution in [-0.2, 0) is 14.6 Å². The fourth-order valence-electron chi connectivity index (χ4n) is 5.39. The molecule has 4 aliphatic rings. The van der Waals surface area contributed by atoms with E-state index in [1.54, 1.807) is 5.01 Å². The summed E-state index contributed by atoms with van der Waals surface area (Å²) in [7, 11) is -3.11. The highest BCUT2D eigenvalue weighted by atomic mass is 32.2. The van der Waals surface area contributed by atoms with Gasteiger partial charge < -0.3 is 16.4 Å². The molecule has 6 unspecified atom stereocenters. The summed E-state index contributed by atoms with van der Waals surface area (Å²) in [6.45, 7) is 5.15. The Morgan fingerprint density at radius 2 is 1.97 bits per heavy atom. The molecule has 4 rings (SSSR count). The van der Waals surface area contributed by atoms with E-state index in [0.29, 0.717) is 32.5 Å². The van der Waals surface area contributed by atoms with Crippen molar-refractivity contribution < 1.29 is 17.6 Å². The standard InChI is InChI=1S/C19H36FN7O3S/c1-19(31(2,29)30)4-7-26(8-5-19)14-3-6-22-10-13(14)24-18(28)15-16(21)25-27-11-12(20)9-23-17(15)27/h12-17,22-23,25H,3-11,21H2,1-2H3,(H,24,28). The maximum atomic E-state index is 13.7. The van der Waals surface area contributed by atoms with Gasteiger partial charge in [-0.2, -0.15) is 0 Å². The lowest BCUT2D eigenvalue weighted by Gasteiger charge is -2.46. The number of carbonyl (C=O) groups excluding carboxylic acids is 1. The van der Waals surface area contributed by atoms with Crippen LogP contribution in [0.1, 0.15) is 26.2 Å². The van der Waals surface area contributed by atoms with Gasteiger partial charge in [-0.1, -0.05) is 0 Å². The Bertz CT molecular complexity index is 776. The highest BCUT2D eigenvalue weighted by Gasteiger charge is 2.48. The average Bonchev–Trinajstić information content (AvgIpc) is 3.03. The van der Waals surface area contributed by atoms with Gasteiger partial charge in [0, 0.05) is 45.0 Å². The number of nitrogens with two attached hydrogens (primary N) is 1. The number of alkyl halides is 1. The van der Waals surface area contributed by atoms with Gasteiger partial charge in [-0.3, -0.25) is 15.0 Å². The molecule has 6 atom stereocenters. The monoisotopic (exact) mass is 461 g/mol. The van der Waals surface area contributed by atoms with Crippen LogP contribution in [-0.4, -0.2) is 105 Å². The fraction of sp³-hybridized carbons (Fsp3) is 0.947. The second-order valence-electron chi connectivity index (χ2n) is 9.72. The van der Waals surface area contributed by atoms with Gasteiger partial charge >= 0.3 is 0 Å². The van der Waals surface area contributed by atoms with Crippen molar-refractivity contribution in [3.05, 3.63) is 0 Å². The number of piperidine rings is 2. The maximum absolute atomic E-state index is 13.7. The van der Waals surface area contributed by atoms with Crippen molar-refractivity contribution in [3.63, 3.8) is 0 Å². The van der Waals surface area contributed by atoms with Crippen LogP contribution in [0.15, 0.2) is 0 Å². The van der Waals surface area contributed by atoms with Crippen molar-refractivity contribution >= 4 is 15.7 Å². The molecule has 0 aromatic rings. The third-order valence-electron chi connectivity index (χ3n) is 7.62. The predicted molar refractivity (Wildman–Crippen MR) is 115 cm³/mol. The summed E-state index contributed by atoms with van der Waals surface area (Å²) in [4.78, 5) is 15.5. The first-order valence-corrected chi connectivity index (χ1v) is 13.1. The summed E-state index contributed by atoms with van der Waals surface area (Å²) >= 11 is 0. The predicted octanol–water partition coefficient (Wildman–Crippen LogP) is -2.28. The van der Waals surface area contributed by atoms with E-state index in [4.69, 9.17) is 5.73 Å². The number of sulfone groups is 1. The molecule has 10 nitrogen and oxygen atoms in total. The van der Waals surface area contributed by atoms with Crippen LogP contribution in [0.4, 0.5) is 4.39 Å². The largest absolute Gasteiger partial charge is 0.350 e. The molecular formula is C19H36FN7O3S. The molecule has 4 saturated heterocycles. The van der Waals surface area contributed by atoms with Gasteiger partial charge in [0.25, 0.3) is 0 Å². The molecule has 4 heterocycles. The van der Waals surface area contributed by atoms with Crippen molar-refractivity contribution in [3.8, 4) is 0 Å². The number of carbonyl (C=O) groups is 1. The van der Waals surface area contributed by atoms with Crippen LogP contribution in [0.25, 0.3) is 0 Å². The van der Waals surface area contributed by atoms with E-state index < -0.39 is 32.8 Å². The zero-order valence-electron chi connectivity index (χ0n) is 18.3. The number of hydrogen-bond acceptors (Lipinski definition) is 9. The van der Waals surface area contributed by atoms with Crippen LogP contribution in [0.5, 0.6) is 0 Å². The van der Waals surface area contributed by atoms with Gasteiger partial charge in [-0.25, -0.2) is 23.2 Å². The first kappa shape index (κ1) is 23.3. The van der Waals surface area contributed by atoms with Crippen molar-refractivity contribution in [2.24, 2.45) is 11.7 Å². The molecule has 0 bridgehead atoms. The number of fused-ring (bicyclic) bond motifs is 1. The van der Waals surface area contributed by atoms with Crippen molar-refractivity contribution in [2.75, 3.05) is 45.5 Å². The summed E-state index contributed by atoms with van der Waals surface area (Å²) in [5.41, 5.74) is 9.20. The molecule has 4 fully saturated rings. The number of rotatable bonds is 4. The summed E-state index contributed by atoms with van der Waals surface area (Å²) in [5.74, 6) is -0.668. The summed E-state index contributed by atoms with van der Waals surface area (Å²) in [5, 5.41) is 11.3. The molecule has 6 N–H and O–H groups in total. The van der Waals surface area contributed by atoms with E-state index in [2.05, 4.69) is 26.3 Å². The normalized spacial score (nSPS) is 39.7. The first-order chi connectivity index (χ1) is 14.6. The fourth-order valence-corrected chi connectivity index (χ4v) is 6.31. The molecule has 0 spiro atoms. The van der Waals surface area contributed by atoms with E-state index in [0.717, 1.165) is 13.0 Å². The third kappa shape index (κ3) is 4.61. The second-order valence-corrected chi connectivity index (χ2v) is 12.2. The van der Waals surface area contributed by atoms with E-state index in [-0.39, 0.29) is 37.2 Å². The smallest absolute Gasteiger partial charge is 0.229 e. The second kappa shape index (κ2) is 8.81. The quantitative estimate of drug-likeness (QED) is 0.314. The van der Waals surface area contributed by atoms with Gasteiger partial charge in [0.2, 0.25) is 5.91 Å². The van der Waals surface area contributed by atoms with Crippen LogP contribution < -0.4 is 27.1 Å². The molecule has 12 heteroatoms. The van der Waals surface area contributed by atoms with E-state index in [1.165, 1.54) is 6.26 Å². The number of halogens is 1. The molecule has 0 aliphatic carbocycles. The summed E-state index contributed by atoms with van der Waals surface area (Å²) in [6.07, 6.45) is 1.49. The number of amides is 1. The highest BCUT2D eigenvalue weighted by Crippen LogP contribution is 2.32. The Morgan fingerprint density at radius 3 is 2.65 bits per heavy atom. The zero-order chi connectivity index (χ0) is 22.4. The zero-order valence-corrected chi connectivity index (χ0v) is 19.1.